The van der Waals surface area contributed by atoms with Crippen LogP contribution in [0, 0.1) is 0 Å². The van der Waals surface area contributed by atoms with Crippen molar-refractivity contribution in [1.29, 1.82) is 0 Å². The summed E-state index contributed by atoms with van der Waals surface area (Å²) in [4.78, 5) is 21.2. The zero-order chi connectivity index (χ0) is 20.2. The monoisotopic (exact) mass is 447 g/mol. The average molecular weight is 448 g/mol. The third-order valence-corrected chi connectivity index (χ3v) is 6.03. The van der Waals surface area contributed by atoms with Crippen LogP contribution in [0.4, 0.5) is 5.69 Å². The summed E-state index contributed by atoms with van der Waals surface area (Å²) in [5, 5.41) is 9.05. The molecule has 0 unspecified atom stereocenters. The van der Waals surface area contributed by atoms with E-state index in [1.54, 1.807) is 12.1 Å². The van der Waals surface area contributed by atoms with Crippen molar-refractivity contribution in [1.82, 2.24) is 20.1 Å². The molecule has 1 amide bonds. The molecule has 6 nitrogen and oxygen atoms in total. The number of halogens is 2. The number of nitrogens with one attached hydrogen (secondary N) is 1. The first-order valence-electron chi connectivity index (χ1n) is 9.18. The van der Waals surface area contributed by atoms with E-state index >= 15 is 0 Å². The van der Waals surface area contributed by atoms with Crippen LogP contribution in [0.15, 0.2) is 53.7 Å². The maximum atomic E-state index is 12.6. The lowest BCUT2D eigenvalue weighted by Gasteiger charge is -2.36. The second-order valence-electron chi connectivity index (χ2n) is 6.61. The van der Waals surface area contributed by atoms with Gasteiger partial charge >= 0.3 is 0 Å². The number of thioether (sulfide) groups is 1. The van der Waals surface area contributed by atoms with Crippen LogP contribution in [0.1, 0.15) is 0 Å². The number of hydrogen-bond donors (Lipinski definition) is 1. The summed E-state index contributed by atoms with van der Waals surface area (Å²) in [6.45, 7) is 2.96. The fourth-order valence-electron chi connectivity index (χ4n) is 3.15. The van der Waals surface area contributed by atoms with Gasteiger partial charge in [0.25, 0.3) is 0 Å². The Morgan fingerprint density at radius 1 is 1.03 bits per heavy atom. The molecule has 2 aromatic carbocycles. The number of carbonyl (C=O) groups excluding carboxylic acids is 1. The quantitative estimate of drug-likeness (QED) is 0.593. The number of rotatable bonds is 5. The zero-order valence-corrected chi connectivity index (χ0v) is 17.8. The minimum atomic E-state index is 0.0959. The van der Waals surface area contributed by atoms with Gasteiger partial charge in [0.1, 0.15) is 0 Å². The van der Waals surface area contributed by atoms with Crippen LogP contribution in [0.3, 0.4) is 0 Å². The predicted molar refractivity (Wildman–Crippen MR) is 118 cm³/mol. The molecule has 1 fully saturated rings. The second-order valence-corrected chi connectivity index (χ2v) is 8.43. The molecule has 4 rings (SSSR count). The van der Waals surface area contributed by atoms with Gasteiger partial charge in [0.2, 0.25) is 11.1 Å². The summed E-state index contributed by atoms with van der Waals surface area (Å²) < 4.78 is 0. The minimum absolute atomic E-state index is 0.0959. The zero-order valence-electron chi connectivity index (χ0n) is 15.5. The van der Waals surface area contributed by atoms with Crippen LogP contribution < -0.4 is 4.90 Å². The highest BCUT2D eigenvalue weighted by Crippen LogP contribution is 2.23. The largest absolute Gasteiger partial charge is 0.368 e. The first-order valence-corrected chi connectivity index (χ1v) is 10.9. The number of nitrogens with zero attached hydrogens (tertiary/aromatic N) is 4. The van der Waals surface area contributed by atoms with Gasteiger partial charge in [-0.1, -0.05) is 41.0 Å². The smallest absolute Gasteiger partial charge is 0.233 e. The molecule has 1 saturated heterocycles. The van der Waals surface area contributed by atoms with Crippen LogP contribution in [-0.2, 0) is 4.79 Å². The Kier molecular flexibility index (Phi) is 6.28. The van der Waals surface area contributed by atoms with Gasteiger partial charge < -0.3 is 9.80 Å². The molecule has 1 aromatic heterocycles. The molecule has 0 bridgehead atoms. The topological polar surface area (TPSA) is 65.1 Å². The SMILES string of the molecule is O=C(CSc1n[nH]c(-c2ccc(Cl)cc2)n1)N1CCN(c2cccc(Cl)c2)CC1. The van der Waals surface area contributed by atoms with Crippen LogP contribution in [0.5, 0.6) is 0 Å². The molecule has 1 aliphatic rings. The standard InChI is InChI=1S/C20H19Cl2N5OS/c21-15-6-4-14(5-7-15)19-23-20(25-24-19)29-13-18(28)27-10-8-26(9-11-27)17-3-1-2-16(22)12-17/h1-7,12H,8-11,13H2,(H,23,24,25). The van der Waals surface area contributed by atoms with Crippen LogP contribution in [0.25, 0.3) is 11.4 Å². The van der Waals surface area contributed by atoms with Gasteiger partial charge in [-0.3, -0.25) is 9.89 Å². The Bertz CT molecular complexity index is 987. The molecule has 0 radical (unpaired) electrons. The van der Waals surface area contributed by atoms with Crippen LogP contribution in [-0.4, -0.2) is 57.9 Å². The fraction of sp³-hybridized carbons (Fsp3) is 0.250. The predicted octanol–water partition coefficient (Wildman–Crippen LogP) is 4.22. The van der Waals surface area contributed by atoms with Gasteiger partial charge in [-0.15, -0.1) is 5.10 Å². The lowest BCUT2D eigenvalue weighted by molar-refractivity contribution is -0.128. The maximum Gasteiger partial charge on any atom is 0.233 e. The third-order valence-electron chi connectivity index (χ3n) is 4.71. The number of carbonyl (C=O) groups is 1. The number of H-pyrrole nitrogens is 1. The van der Waals surface area contributed by atoms with Gasteiger partial charge in [-0.05, 0) is 42.5 Å². The van der Waals surface area contributed by atoms with Crippen molar-refractivity contribution in [2.24, 2.45) is 0 Å². The van der Waals surface area contributed by atoms with Gasteiger partial charge in [-0.25, -0.2) is 4.98 Å². The summed E-state index contributed by atoms with van der Waals surface area (Å²) in [5.74, 6) is 1.07. The molecular weight excluding hydrogens is 429 g/mol. The summed E-state index contributed by atoms with van der Waals surface area (Å²) >= 11 is 13.3. The Balaban J connectivity index is 1.28. The molecule has 1 N–H and O–H groups in total. The van der Waals surface area contributed by atoms with E-state index in [9.17, 15) is 4.79 Å². The van der Waals surface area contributed by atoms with E-state index in [4.69, 9.17) is 23.2 Å². The van der Waals surface area contributed by atoms with E-state index in [1.807, 2.05) is 41.3 Å². The van der Waals surface area contributed by atoms with Gasteiger partial charge in [-0.2, -0.15) is 0 Å². The molecular formula is C20H19Cl2N5OS. The maximum absolute atomic E-state index is 12.6. The van der Waals surface area contributed by atoms with E-state index < -0.39 is 0 Å². The highest BCUT2D eigenvalue weighted by molar-refractivity contribution is 7.99. The van der Waals surface area contributed by atoms with Gasteiger partial charge in [0.05, 0.1) is 5.75 Å². The van der Waals surface area contributed by atoms with Crippen LogP contribution in [0.2, 0.25) is 10.0 Å². The molecule has 0 spiro atoms. The molecule has 29 heavy (non-hydrogen) atoms. The summed E-state index contributed by atoms with van der Waals surface area (Å²) in [6, 6.07) is 15.2. The van der Waals surface area contributed by atoms with Crippen molar-refractivity contribution in [2.75, 3.05) is 36.8 Å². The lowest BCUT2D eigenvalue weighted by atomic mass is 10.2. The first-order chi connectivity index (χ1) is 14.1. The molecule has 150 valence electrons. The highest BCUT2D eigenvalue weighted by Gasteiger charge is 2.22. The summed E-state index contributed by atoms with van der Waals surface area (Å²) in [5.41, 5.74) is 1.99. The molecule has 0 atom stereocenters. The molecule has 3 aromatic rings. The minimum Gasteiger partial charge on any atom is -0.368 e. The summed E-state index contributed by atoms with van der Waals surface area (Å²) in [7, 11) is 0. The number of benzene rings is 2. The number of aromatic amines is 1. The van der Waals surface area contributed by atoms with Crippen molar-refractivity contribution >= 4 is 46.6 Å². The number of amides is 1. The molecule has 2 heterocycles. The summed E-state index contributed by atoms with van der Waals surface area (Å²) in [6.07, 6.45) is 0. The van der Waals surface area contributed by atoms with Crippen molar-refractivity contribution in [3.8, 4) is 11.4 Å². The third kappa shape index (κ3) is 5.04. The van der Waals surface area contributed by atoms with Crippen molar-refractivity contribution in [3.63, 3.8) is 0 Å². The van der Waals surface area contributed by atoms with E-state index in [1.165, 1.54) is 11.8 Å². The number of hydrogen-bond acceptors (Lipinski definition) is 5. The Hall–Kier alpha value is -2.22. The molecule has 1 aliphatic heterocycles. The second kappa shape index (κ2) is 9.07. The Labute approximate surface area is 183 Å². The highest BCUT2D eigenvalue weighted by atomic mass is 35.5. The molecule has 9 heteroatoms. The van der Waals surface area contributed by atoms with Crippen LogP contribution >= 0.6 is 35.0 Å². The van der Waals surface area contributed by atoms with Crippen molar-refractivity contribution in [3.05, 3.63) is 58.6 Å². The average Bonchev–Trinajstić information content (AvgIpc) is 3.22. The number of piperazine rings is 1. The first kappa shape index (κ1) is 20.1. The van der Waals surface area contributed by atoms with Crippen molar-refractivity contribution < 1.29 is 4.79 Å². The van der Waals surface area contributed by atoms with Gasteiger partial charge in [0.15, 0.2) is 5.82 Å². The van der Waals surface area contributed by atoms with E-state index in [2.05, 4.69) is 20.1 Å². The lowest BCUT2D eigenvalue weighted by Crippen LogP contribution is -2.49. The van der Waals surface area contributed by atoms with E-state index in [-0.39, 0.29) is 5.91 Å². The Morgan fingerprint density at radius 2 is 1.79 bits per heavy atom. The number of aromatic nitrogens is 3. The normalized spacial score (nSPS) is 14.3. The molecule has 0 saturated carbocycles. The Morgan fingerprint density at radius 3 is 2.52 bits per heavy atom. The van der Waals surface area contributed by atoms with E-state index in [0.29, 0.717) is 34.8 Å². The fourth-order valence-corrected chi connectivity index (χ4v) is 4.16. The van der Waals surface area contributed by atoms with Crippen molar-refractivity contribution in [2.45, 2.75) is 5.16 Å². The molecule has 0 aliphatic carbocycles. The number of anilines is 1. The van der Waals surface area contributed by atoms with Gasteiger partial charge in [0, 0.05) is 47.5 Å². The van der Waals surface area contributed by atoms with E-state index in [0.717, 1.165) is 29.4 Å².